The zero-order valence-corrected chi connectivity index (χ0v) is 9.93. The van der Waals surface area contributed by atoms with Crippen LogP contribution in [0.5, 0.6) is 0 Å². The molecular formula is C12H2F10. The largest absolute Gasteiger partial charge is 0.204 e. The number of hydrogen-bond donors (Lipinski definition) is 0. The zero-order valence-electron chi connectivity index (χ0n) is 9.93. The van der Waals surface area contributed by atoms with E-state index >= 15 is 0 Å². The molecule has 0 radical (unpaired) electrons. The van der Waals surface area contributed by atoms with Gasteiger partial charge in [0.25, 0.3) is 0 Å². The Hall–Kier alpha value is -2.26. The number of rotatable bonds is 0. The van der Waals surface area contributed by atoms with Crippen LogP contribution in [0.1, 0.15) is 0 Å². The minimum atomic E-state index is -2.14. The standard InChI is InChI=1S/2C6HF5/c2*7-2-1-3(8)5(10)6(11)4(2)9/h2*1H. The van der Waals surface area contributed by atoms with E-state index in [-0.39, 0.29) is 12.1 Å². The third-order valence-corrected chi connectivity index (χ3v) is 2.12. The molecule has 0 bridgehead atoms. The molecule has 0 aliphatic carbocycles. The van der Waals surface area contributed by atoms with Crippen LogP contribution in [-0.2, 0) is 0 Å². The molecule has 0 unspecified atom stereocenters. The summed E-state index contributed by atoms with van der Waals surface area (Å²) in [5, 5.41) is 0. The number of halogens is 10. The highest BCUT2D eigenvalue weighted by Gasteiger charge is 2.19. The Morgan fingerprint density at radius 2 is 0.500 bits per heavy atom. The molecular weight excluding hydrogens is 334 g/mol. The molecule has 0 atom stereocenters. The average molecular weight is 336 g/mol. The Morgan fingerprint density at radius 1 is 0.318 bits per heavy atom. The van der Waals surface area contributed by atoms with Gasteiger partial charge in [0.05, 0.1) is 0 Å². The number of hydrogen-bond acceptors (Lipinski definition) is 0. The van der Waals surface area contributed by atoms with Crippen molar-refractivity contribution < 1.29 is 43.9 Å². The summed E-state index contributed by atoms with van der Waals surface area (Å²) < 4.78 is 120. The lowest BCUT2D eigenvalue weighted by molar-refractivity contribution is 0.378. The third-order valence-electron chi connectivity index (χ3n) is 2.12. The van der Waals surface area contributed by atoms with Gasteiger partial charge >= 0.3 is 0 Å². The van der Waals surface area contributed by atoms with Gasteiger partial charge in [0.2, 0.25) is 11.6 Å². The lowest BCUT2D eigenvalue weighted by Gasteiger charge is -1.96. The van der Waals surface area contributed by atoms with E-state index in [1.165, 1.54) is 0 Å². The third kappa shape index (κ3) is 3.49. The van der Waals surface area contributed by atoms with Crippen LogP contribution in [0, 0.1) is 58.2 Å². The summed E-state index contributed by atoms with van der Waals surface area (Å²) in [6.45, 7) is 0. The summed E-state index contributed by atoms with van der Waals surface area (Å²) in [7, 11) is 0. The first kappa shape index (κ1) is 17.8. The summed E-state index contributed by atoms with van der Waals surface area (Å²) in [5.41, 5.74) is 0. The molecule has 0 saturated carbocycles. The molecule has 0 saturated heterocycles. The molecule has 0 heterocycles. The van der Waals surface area contributed by atoms with E-state index in [0.717, 1.165) is 0 Å². The van der Waals surface area contributed by atoms with Gasteiger partial charge in [-0.3, -0.25) is 0 Å². The van der Waals surface area contributed by atoms with Crippen molar-refractivity contribution in [2.75, 3.05) is 0 Å². The predicted molar refractivity (Wildman–Crippen MR) is 52.5 cm³/mol. The quantitative estimate of drug-likeness (QED) is 0.370. The molecule has 2 aromatic carbocycles. The lowest BCUT2D eigenvalue weighted by Crippen LogP contribution is -1.98. The Labute approximate surface area is 115 Å². The fraction of sp³-hybridized carbons (Fsp3) is 0. The maximum absolute atomic E-state index is 12.0. The molecule has 0 spiro atoms. The van der Waals surface area contributed by atoms with Crippen molar-refractivity contribution in [3.8, 4) is 0 Å². The molecule has 0 fully saturated rings. The maximum atomic E-state index is 12.0. The van der Waals surface area contributed by atoms with Gasteiger partial charge in [-0.15, -0.1) is 0 Å². The van der Waals surface area contributed by atoms with E-state index < -0.39 is 58.2 Å². The first-order valence-electron chi connectivity index (χ1n) is 5.04. The molecule has 2 rings (SSSR count). The summed E-state index contributed by atoms with van der Waals surface area (Å²) in [4.78, 5) is 0. The molecule has 0 aromatic heterocycles. The first-order valence-corrected chi connectivity index (χ1v) is 5.04. The van der Waals surface area contributed by atoms with E-state index in [0.29, 0.717) is 0 Å². The summed E-state index contributed by atoms with van der Waals surface area (Å²) in [5.74, 6) is -19.3. The summed E-state index contributed by atoms with van der Waals surface area (Å²) in [6, 6.07) is -0.124. The molecule has 120 valence electrons. The topological polar surface area (TPSA) is 0 Å². The second-order valence-electron chi connectivity index (χ2n) is 3.56. The zero-order chi connectivity index (χ0) is 17.2. The Bertz CT molecular complexity index is 596. The van der Waals surface area contributed by atoms with Crippen LogP contribution in [0.15, 0.2) is 12.1 Å². The van der Waals surface area contributed by atoms with Crippen LogP contribution in [0.4, 0.5) is 43.9 Å². The summed E-state index contributed by atoms with van der Waals surface area (Å²) in [6.07, 6.45) is 0. The van der Waals surface area contributed by atoms with Gasteiger partial charge < -0.3 is 0 Å². The smallest absolute Gasteiger partial charge is 0.200 e. The molecule has 22 heavy (non-hydrogen) atoms. The minimum absolute atomic E-state index is 0.0618. The molecule has 2 aromatic rings. The van der Waals surface area contributed by atoms with Crippen molar-refractivity contribution >= 4 is 0 Å². The van der Waals surface area contributed by atoms with Gasteiger partial charge in [-0.2, -0.15) is 0 Å². The Balaban J connectivity index is 0.000000220. The molecule has 0 N–H and O–H groups in total. The van der Waals surface area contributed by atoms with Gasteiger partial charge in [0.1, 0.15) is 0 Å². The van der Waals surface area contributed by atoms with Crippen molar-refractivity contribution in [1.82, 2.24) is 0 Å². The van der Waals surface area contributed by atoms with E-state index in [2.05, 4.69) is 0 Å². The van der Waals surface area contributed by atoms with Gasteiger partial charge in [0.15, 0.2) is 46.5 Å². The highest BCUT2D eigenvalue weighted by atomic mass is 19.2. The highest BCUT2D eigenvalue weighted by molar-refractivity contribution is 5.13. The Kier molecular flexibility index (Phi) is 5.39. The minimum Gasteiger partial charge on any atom is -0.204 e. The SMILES string of the molecule is Fc1cc(F)c(F)c(F)c1F.Fc1cc(F)c(F)c(F)c1F. The molecule has 10 heteroatoms. The fourth-order valence-electron chi connectivity index (χ4n) is 1.09. The predicted octanol–water partition coefficient (Wildman–Crippen LogP) is 4.76. The molecule has 0 nitrogen and oxygen atoms in total. The van der Waals surface area contributed by atoms with Gasteiger partial charge in [-0.05, 0) is 0 Å². The second-order valence-corrected chi connectivity index (χ2v) is 3.56. The normalized spacial score (nSPS) is 10.3. The molecule has 0 amide bonds. The van der Waals surface area contributed by atoms with Gasteiger partial charge in [-0.25, -0.2) is 43.9 Å². The van der Waals surface area contributed by atoms with Crippen LogP contribution in [-0.4, -0.2) is 0 Å². The maximum Gasteiger partial charge on any atom is 0.200 e. The average Bonchev–Trinajstić information content (AvgIpc) is 2.47. The molecule has 0 aliphatic heterocycles. The van der Waals surface area contributed by atoms with E-state index in [9.17, 15) is 43.9 Å². The lowest BCUT2D eigenvalue weighted by atomic mass is 10.3. The van der Waals surface area contributed by atoms with Crippen molar-refractivity contribution in [2.24, 2.45) is 0 Å². The van der Waals surface area contributed by atoms with Crippen molar-refractivity contribution in [3.05, 3.63) is 70.3 Å². The monoisotopic (exact) mass is 336 g/mol. The first-order chi connectivity index (χ1) is 10.1. The second kappa shape index (κ2) is 6.67. The highest BCUT2D eigenvalue weighted by Crippen LogP contribution is 2.17. The number of benzene rings is 2. The molecule has 0 aliphatic rings. The van der Waals surface area contributed by atoms with Crippen LogP contribution in [0.25, 0.3) is 0 Å². The van der Waals surface area contributed by atoms with Crippen molar-refractivity contribution in [1.29, 1.82) is 0 Å². The van der Waals surface area contributed by atoms with Crippen LogP contribution in [0.2, 0.25) is 0 Å². The van der Waals surface area contributed by atoms with E-state index in [1.54, 1.807) is 0 Å². The van der Waals surface area contributed by atoms with Crippen LogP contribution in [0.3, 0.4) is 0 Å². The van der Waals surface area contributed by atoms with Crippen LogP contribution < -0.4 is 0 Å². The van der Waals surface area contributed by atoms with Crippen LogP contribution >= 0.6 is 0 Å². The van der Waals surface area contributed by atoms with E-state index in [1.807, 2.05) is 0 Å². The fourth-order valence-corrected chi connectivity index (χ4v) is 1.09. The Morgan fingerprint density at radius 3 is 0.682 bits per heavy atom. The van der Waals surface area contributed by atoms with Crippen molar-refractivity contribution in [3.63, 3.8) is 0 Å². The van der Waals surface area contributed by atoms with Crippen molar-refractivity contribution in [2.45, 2.75) is 0 Å². The van der Waals surface area contributed by atoms with Gasteiger partial charge in [-0.1, -0.05) is 0 Å². The summed E-state index contributed by atoms with van der Waals surface area (Å²) >= 11 is 0. The van der Waals surface area contributed by atoms with E-state index in [4.69, 9.17) is 0 Å². The van der Waals surface area contributed by atoms with Gasteiger partial charge in [0, 0.05) is 12.1 Å².